The Hall–Kier alpha value is -0.200. The van der Waals surface area contributed by atoms with E-state index in [9.17, 15) is 0 Å². The molecular formula is C21H43N3O2. The lowest BCUT2D eigenvalue weighted by molar-refractivity contribution is -0.0834. The van der Waals surface area contributed by atoms with Gasteiger partial charge in [-0.05, 0) is 54.4 Å². The highest BCUT2D eigenvalue weighted by atomic mass is 16.5. The summed E-state index contributed by atoms with van der Waals surface area (Å²) in [5.74, 6) is 0. The van der Waals surface area contributed by atoms with Gasteiger partial charge in [-0.1, -0.05) is 0 Å². The SMILES string of the molecule is CC(C)(C)OC1CCN(CCOCCN2CCN(C(C)(C)C)CC2)CC1. The number of ether oxygens (including phenoxy) is 2. The maximum absolute atomic E-state index is 6.10. The molecular weight excluding hydrogens is 326 g/mol. The Morgan fingerprint density at radius 2 is 1.23 bits per heavy atom. The van der Waals surface area contributed by atoms with Gasteiger partial charge in [-0.2, -0.15) is 0 Å². The van der Waals surface area contributed by atoms with Crippen LogP contribution in [0.25, 0.3) is 0 Å². The molecule has 154 valence electrons. The zero-order chi connectivity index (χ0) is 19.2. The van der Waals surface area contributed by atoms with E-state index in [-0.39, 0.29) is 5.60 Å². The minimum atomic E-state index is -0.0195. The Kier molecular flexibility index (Phi) is 8.35. The van der Waals surface area contributed by atoms with Crippen molar-refractivity contribution in [2.24, 2.45) is 0 Å². The standard InChI is InChI=1S/C21H43N3O2/c1-20(2,3)24-13-11-23(12-14-24)16-18-25-17-15-22-9-7-19(8-10-22)26-21(4,5)6/h19H,7-18H2,1-6H3. The Balaban J connectivity index is 1.48. The molecule has 0 unspecified atom stereocenters. The van der Waals surface area contributed by atoms with E-state index in [1.54, 1.807) is 0 Å². The molecule has 5 nitrogen and oxygen atoms in total. The van der Waals surface area contributed by atoms with Gasteiger partial charge in [0, 0.05) is 57.9 Å². The van der Waals surface area contributed by atoms with E-state index in [1.165, 1.54) is 26.2 Å². The number of rotatable bonds is 7. The summed E-state index contributed by atoms with van der Waals surface area (Å²) in [6.07, 6.45) is 2.73. The second kappa shape index (κ2) is 9.83. The average molecular weight is 370 g/mol. The molecule has 26 heavy (non-hydrogen) atoms. The van der Waals surface area contributed by atoms with Gasteiger partial charge < -0.3 is 14.4 Å². The Bertz CT molecular complexity index is 387. The highest BCUT2D eigenvalue weighted by Gasteiger charge is 2.26. The van der Waals surface area contributed by atoms with Crippen molar-refractivity contribution < 1.29 is 9.47 Å². The van der Waals surface area contributed by atoms with Crippen molar-refractivity contribution in [1.29, 1.82) is 0 Å². The van der Waals surface area contributed by atoms with Gasteiger partial charge in [0.1, 0.15) is 0 Å². The first-order chi connectivity index (χ1) is 12.1. The second-order valence-corrected chi connectivity index (χ2v) is 9.88. The van der Waals surface area contributed by atoms with E-state index in [0.29, 0.717) is 11.6 Å². The van der Waals surface area contributed by atoms with Crippen LogP contribution in [0.1, 0.15) is 54.4 Å². The van der Waals surface area contributed by atoms with Crippen molar-refractivity contribution in [2.75, 3.05) is 65.6 Å². The van der Waals surface area contributed by atoms with Crippen LogP contribution in [0.15, 0.2) is 0 Å². The molecule has 0 radical (unpaired) electrons. The molecule has 2 saturated heterocycles. The molecule has 0 aromatic heterocycles. The molecule has 2 aliphatic heterocycles. The topological polar surface area (TPSA) is 28.2 Å². The van der Waals surface area contributed by atoms with E-state index in [2.05, 4.69) is 56.2 Å². The number of hydrogen-bond acceptors (Lipinski definition) is 5. The van der Waals surface area contributed by atoms with E-state index >= 15 is 0 Å². The Morgan fingerprint density at radius 3 is 1.69 bits per heavy atom. The van der Waals surface area contributed by atoms with Crippen molar-refractivity contribution in [3.05, 3.63) is 0 Å². The quantitative estimate of drug-likeness (QED) is 0.644. The first-order valence-electron chi connectivity index (χ1n) is 10.6. The summed E-state index contributed by atoms with van der Waals surface area (Å²) in [5.41, 5.74) is 0.280. The number of likely N-dealkylation sites (tertiary alicyclic amines) is 1. The predicted octanol–water partition coefficient (Wildman–Crippen LogP) is 2.70. The average Bonchev–Trinajstić information content (AvgIpc) is 2.54. The van der Waals surface area contributed by atoms with Crippen LogP contribution in [-0.4, -0.2) is 97.5 Å². The Labute approximate surface area is 162 Å². The van der Waals surface area contributed by atoms with Crippen LogP contribution in [0.2, 0.25) is 0 Å². The number of nitrogens with zero attached hydrogens (tertiary/aromatic N) is 3. The van der Waals surface area contributed by atoms with E-state index < -0.39 is 0 Å². The van der Waals surface area contributed by atoms with Crippen LogP contribution in [0, 0.1) is 0 Å². The van der Waals surface area contributed by atoms with Gasteiger partial charge in [-0.15, -0.1) is 0 Å². The minimum absolute atomic E-state index is 0.0195. The van der Waals surface area contributed by atoms with Gasteiger partial charge in [-0.25, -0.2) is 0 Å². The largest absolute Gasteiger partial charge is 0.379 e. The zero-order valence-electron chi connectivity index (χ0n) is 18.2. The highest BCUT2D eigenvalue weighted by Crippen LogP contribution is 2.20. The van der Waals surface area contributed by atoms with Crippen LogP contribution in [-0.2, 0) is 9.47 Å². The molecule has 0 spiro atoms. The molecule has 5 heteroatoms. The maximum atomic E-state index is 6.10. The predicted molar refractivity (Wildman–Crippen MR) is 109 cm³/mol. The van der Waals surface area contributed by atoms with Gasteiger partial charge in [0.05, 0.1) is 24.9 Å². The van der Waals surface area contributed by atoms with Crippen LogP contribution in [0.3, 0.4) is 0 Å². The molecule has 0 N–H and O–H groups in total. The molecule has 2 fully saturated rings. The third kappa shape index (κ3) is 8.22. The van der Waals surface area contributed by atoms with E-state index in [1.807, 2.05) is 0 Å². The summed E-state index contributed by atoms with van der Waals surface area (Å²) in [6, 6.07) is 0. The lowest BCUT2D eigenvalue weighted by Gasteiger charge is -2.42. The first-order valence-corrected chi connectivity index (χ1v) is 10.6. The molecule has 2 aliphatic rings. The van der Waals surface area contributed by atoms with E-state index in [4.69, 9.17) is 9.47 Å². The van der Waals surface area contributed by atoms with E-state index in [0.717, 1.165) is 52.2 Å². The van der Waals surface area contributed by atoms with Crippen molar-refractivity contribution in [1.82, 2.24) is 14.7 Å². The van der Waals surface area contributed by atoms with Crippen molar-refractivity contribution in [3.8, 4) is 0 Å². The first kappa shape index (κ1) is 22.1. The number of hydrogen-bond donors (Lipinski definition) is 0. The van der Waals surface area contributed by atoms with Gasteiger partial charge in [0.25, 0.3) is 0 Å². The molecule has 0 aromatic rings. The van der Waals surface area contributed by atoms with Crippen LogP contribution < -0.4 is 0 Å². The summed E-state index contributed by atoms with van der Waals surface area (Å²) in [7, 11) is 0. The fourth-order valence-electron chi connectivity index (χ4n) is 3.88. The Morgan fingerprint density at radius 1 is 0.731 bits per heavy atom. The lowest BCUT2D eigenvalue weighted by atomic mass is 10.1. The second-order valence-electron chi connectivity index (χ2n) is 9.88. The van der Waals surface area contributed by atoms with Crippen molar-refractivity contribution in [3.63, 3.8) is 0 Å². The van der Waals surface area contributed by atoms with Gasteiger partial charge >= 0.3 is 0 Å². The molecule has 0 aromatic carbocycles. The zero-order valence-corrected chi connectivity index (χ0v) is 18.2. The summed E-state index contributed by atoms with van der Waals surface area (Å²) >= 11 is 0. The van der Waals surface area contributed by atoms with Gasteiger partial charge in [0.15, 0.2) is 0 Å². The summed E-state index contributed by atoms with van der Waals surface area (Å²) in [6.45, 7) is 24.2. The third-order valence-corrected chi connectivity index (χ3v) is 5.48. The summed E-state index contributed by atoms with van der Waals surface area (Å²) < 4.78 is 12.0. The highest BCUT2D eigenvalue weighted by molar-refractivity contribution is 4.81. The summed E-state index contributed by atoms with van der Waals surface area (Å²) in [4.78, 5) is 7.64. The molecule has 2 rings (SSSR count). The van der Waals surface area contributed by atoms with Gasteiger partial charge in [0.2, 0.25) is 0 Å². The van der Waals surface area contributed by atoms with Crippen molar-refractivity contribution >= 4 is 0 Å². The van der Waals surface area contributed by atoms with Gasteiger partial charge in [-0.3, -0.25) is 9.80 Å². The van der Waals surface area contributed by atoms with Crippen molar-refractivity contribution in [2.45, 2.75) is 71.6 Å². The lowest BCUT2D eigenvalue weighted by Crippen LogP contribution is -2.53. The molecule has 0 amide bonds. The van der Waals surface area contributed by atoms with Crippen LogP contribution >= 0.6 is 0 Å². The summed E-state index contributed by atoms with van der Waals surface area (Å²) in [5, 5.41) is 0. The molecule has 0 bridgehead atoms. The minimum Gasteiger partial charge on any atom is -0.379 e. The third-order valence-electron chi connectivity index (χ3n) is 5.48. The molecule has 0 aliphatic carbocycles. The fourth-order valence-corrected chi connectivity index (χ4v) is 3.88. The monoisotopic (exact) mass is 369 g/mol. The molecule has 0 saturated carbocycles. The van der Waals surface area contributed by atoms with Crippen LogP contribution in [0.5, 0.6) is 0 Å². The normalized spacial score (nSPS) is 22.8. The fraction of sp³-hybridized carbons (Fsp3) is 1.00. The van der Waals surface area contributed by atoms with Crippen LogP contribution in [0.4, 0.5) is 0 Å². The number of piperazine rings is 1. The molecule has 0 atom stereocenters. The number of piperidine rings is 1. The smallest absolute Gasteiger partial charge is 0.0606 e. The maximum Gasteiger partial charge on any atom is 0.0606 e. The molecule has 2 heterocycles.